The van der Waals surface area contributed by atoms with Gasteiger partial charge in [0.1, 0.15) is 0 Å². The second-order valence-corrected chi connectivity index (χ2v) is 4.38. The Bertz CT molecular complexity index is 371. The first-order valence-electron chi connectivity index (χ1n) is 6.02. The van der Waals surface area contributed by atoms with Crippen LogP contribution in [0.5, 0.6) is 0 Å². The van der Waals surface area contributed by atoms with E-state index in [0.717, 1.165) is 6.54 Å². The van der Waals surface area contributed by atoms with Crippen LogP contribution in [0.25, 0.3) is 0 Å². The van der Waals surface area contributed by atoms with Crippen molar-refractivity contribution in [2.75, 3.05) is 18.0 Å². The summed E-state index contributed by atoms with van der Waals surface area (Å²) in [6.45, 7) is 3.89. The number of hydrogen-bond donors (Lipinski definition) is 1. The molecule has 16 heavy (non-hydrogen) atoms. The van der Waals surface area contributed by atoms with Crippen molar-refractivity contribution in [3.8, 4) is 0 Å². The zero-order valence-corrected chi connectivity index (χ0v) is 9.89. The molecule has 0 radical (unpaired) electrons. The number of para-hydroxylation sites is 1. The first-order valence-corrected chi connectivity index (χ1v) is 6.02. The van der Waals surface area contributed by atoms with Gasteiger partial charge in [-0.25, -0.2) is 0 Å². The van der Waals surface area contributed by atoms with E-state index in [9.17, 15) is 0 Å². The van der Waals surface area contributed by atoms with Crippen LogP contribution in [-0.4, -0.2) is 19.1 Å². The third-order valence-corrected chi connectivity index (χ3v) is 3.27. The van der Waals surface area contributed by atoms with Crippen molar-refractivity contribution in [3.63, 3.8) is 0 Å². The number of benzene rings is 1. The van der Waals surface area contributed by atoms with Crippen molar-refractivity contribution >= 4 is 5.69 Å². The average molecular weight is 216 g/mol. The van der Waals surface area contributed by atoms with Gasteiger partial charge in [0, 0.05) is 24.8 Å². The predicted molar refractivity (Wildman–Crippen MR) is 69.8 cm³/mol. The summed E-state index contributed by atoms with van der Waals surface area (Å²) in [5.74, 6) is 0. The molecule has 0 amide bonds. The molecule has 1 aromatic rings. The highest BCUT2D eigenvalue weighted by molar-refractivity contribution is 5.56. The van der Waals surface area contributed by atoms with Gasteiger partial charge in [0.15, 0.2) is 0 Å². The highest BCUT2D eigenvalue weighted by atomic mass is 15.2. The van der Waals surface area contributed by atoms with E-state index in [1.54, 1.807) is 0 Å². The molecule has 86 valence electrons. The Morgan fingerprint density at radius 3 is 3.00 bits per heavy atom. The normalized spacial score (nSPS) is 20.1. The third-order valence-electron chi connectivity index (χ3n) is 3.27. The third kappa shape index (κ3) is 2.27. The summed E-state index contributed by atoms with van der Waals surface area (Å²) >= 11 is 0. The SMILES string of the molecule is CC1CCc2ccccc2N1CC=CCN. The predicted octanol–water partition coefficient (Wildman–Crippen LogP) is 2.34. The van der Waals surface area contributed by atoms with Crippen LogP contribution in [0.3, 0.4) is 0 Å². The monoisotopic (exact) mass is 216 g/mol. The maximum absolute atomic E-state index is 5.47. The molecular formula is C14H20N2. The van der Waals surface area contributed by atoms with E-state index in [1.807, 2.05) is 6.08 Å². The van der Waals surface area contributed by atoms with Crippen molar-refractivity contribution in [1.82, 2.24) is 0 Å². The average Bonchev–Trinajstić information content (AvgIpc) is 2.32. The molecule has 0 bridgehead atoms. The van der Waals surface area contributed by atoms with Crippen molar-refractivity contribution < 1.29 is 0 Å². The topological polar surface area (TPSA) is 29.3 Å². The summed E-state index contributed by atoms with van der Waals surface area (Å²) in [4.78, 5) is 2.46. The lowest BCUT2D eigenvalue weighted by Crippen LogP contribution is -2.37. The Balaban J connectivity index is 2.19. The summed E-state index contributed by atoms with van der Waals surface area (Å²) in [6, 6.07) is 9.33. The Kier molecular flexibility index (Phi) is 3.62. The highest BCUT2D eigenvalue weighted by Gasteiger charge is 2.21. The Labute approximate surface area is 97.8 Å². The Morgan fingerprint density at radius 2 is 2.19 bits per heavy atom. The lowest BCUT2D eigenvalue weighted by atomic mass is 9.97. The maximum Gasteiger partial charge on any atom is 0.0403 e. The molecule has 2 nitrogen and oxygen atoms in total. The minimum absolute atomic E-state index is 0.623. The summed E-state index contributed by atoms with van der Waals surface area (Å²) < 4.78 is 0. The molecule has 0 aromatic heterocycles. The molecule has 0 saturated heterocycles. The number of nitrogens with two attached hydrogens (primary N) is 1. The van der Waals surface area contributed by atoms with Crippen LogP contribution in [0.15, 0.2) is 36.4 Å². The van der Waals surface area contributed by atoms with Gasteiger partial charge in [0.25, 0.3) is 0 Å². The molecule has 0 spiro atoms. The quantitative estimate of drug-likeness (QED) is 0.786. The van der Waals surface area contributed by atoms with Gasteiger partial charge in [-0.2, -0.15) is 0 Å². The summed E-state index contributed by atoms with van der Waals surface area (Å²) in [7, 11) is 0. The van der Waals surface area contributed by atoms with E-state index in [2.05, 4.69) is 42.2 Å². The highest BCUT2D eigenvalue weighted by Crippen LogP contribution is 2.29. The van der Waals surface area contributed by atoms with Crippen LogP contribution < -0.4 is 10.6 Å². The van der Waals surface area contributed by atoms with Crippen LogP contribution >= 0.6 is 0 Å². The van der Waals surface area contributed by atoms with Gasteiger partial charge in [-0.3, -0.25) is 0 Å². The molecule has 0 aliphatic carbocycles. The summed E-state index contributed by atoms with van der Waals surface area (Å²) in [6.07, 6.45) is 6.64. The van der Waals surface area contributed by atoms with Gasteiger partial charge >= 0.3 is 0 Å². The van der Waals surface area contributed by atoms with Crippen LogP contribution in [-0.2, 0) is 6.42 Å². The smallest absolute Gasteiger partial charge is 0.0403 e. The summed E-state index contributed by atoms with van der Waals surface area (Å²) in [5.41, 5.74) is 8.33. The van der Waals surface area contributed by atoms with E-state index < -0.39 is 0 Å². The number of aryl methyl sites for hydroxylation is 1. The maximum atomic E-state index is 5.47. The zero-order valence-electron chi connectivity index (χ0n) is 9.89. The minimum atomic E-state index is 0.623. The first kappa shape index (κ1) is 11.2. The number of anilines is 1. The fourth-order valence-electron chi connectivity index (χ4n) is 2.32. The van der Waals surface area contributed by atoms with Gasteiger partial charge < -0.3 is 10.6 Å². The van der Waals surface area contributed by atoms with Gasteiger partial charge in [-0.15, -0.1) is 0 Å². The number of nitrogens with zero attached hydrogens (tertiary/aromatic N) is 1. The number of rotatable bonds is 3. The van der Waals surface area contributed by atoms with Crippen molar-refractivity contribution in [1.29, 1.82) is 0 Å². The fourth-order valence-corrected chi connectivity index (χ4v) is 2.32. The first-order chi connectivity index (χ1) is 7.83. The molecule has 0 fully saturated rings. The second-order valence-electron chi connectivity index (χ2n) is 4.38. The van der Waals surface area contributed by atoms with Crippen LogP contribution in [0.2, 0.25) is 0 Å². The Morgan fingerprint density at radius 1 is 1.38 bits per heavy atom. The molecule has 0 saturated carbocycles. The fraction of sp³-hybridized carbons (Fsp3) is 0.429. The van der Waals surface area contributed by atoms with E-state index in [1.165, 1.54) is 24.1 Å². The van der Waals surface area contributed by atoms with Crippen molar-refractivity contribution in [3.05, 3.63) is 42.0 Å². The Hall–Kier alpha value is -1.28. The zero-order chi connectivity index (χ0) is 11.4. The van der Waals surface area contributed by atoms with Crippen molar-refractivity contribution in [2.24, 2.45) is 5.73 Å². The van der Waals surface area contributed by atoms with Gasteiger partial charge in [-0.1, -0.05) is 30.4 Å². The minimum Gasteiger partial charge on any atom is -0.365 e. The van der Waals surface area contributed by atoms with Crippen molar-refractivity contribution in [2.45, 2.75) is 25.8 Å². The van der Waals surface area contributed by atoms with Gasteiger partial charge in [0.2, 0.25) is 0 Å². The largest absolute Gasteiger partial charge is 0.365 e. The number of hydrogen-bond acceptors (Lipinski definition) is 2. The van der Waals surface area contributed by atoms with E-state index in [-0.39, 0.29) is 0 Å². The molecule has 1 aliphatic heterocycles. The standard InChI is InChI=1S/C14H20N2/c1-12-8-9-13-6-2-3-7-14(13)16(12)11-5-4-10-15/h2-7,12H,8-11,15H2,1H3. The molecule has 2 N–H and O–H groups in total. The van der Waals surface area contributed by atoms with Gasteiger partial charge in [0.05, 0.1) is 0 Å². The summed E-state index contributed by atoms with van der Waals surface area (Å²) in [5, 5.41) is 0. The molecule has 1 atom stereocenters. The van der Waals surface area contributed by atoms with Gasteiger partial charge in [-0.05, 0) is 31.4 Å². The molecule has 2 heteroatoms. The molecule has 1 unspecified atom stereocenters. The second kappa shape index (κ2) is 5.17. The van der Waals surface area contributed by atoms with E-state index >= 15 is 0 Å². The molecule has 1 aliphatic rings. The molecule has 1 aromatic carbocycles. The van der Waals surface area contributed by atoms with Crippen LogP contribution in [0.1, 0.15) is 18.9 Å². The lowest BCUT2D eigenvalue weighted by Gasteiger charge is -2.36. The van der Waals surface area contributed by atoms with E-state index in [4.69, 9.17) is 5.73 Å². The van der Waals surface area contributed by atoms with E-state index in [0.29, 0.717) is 12.6 Å². The molecular weight excluding hydrogens is 196 g/mol. The van der Waals surface area contributed by atoms with Crippen LogP contribution in [0, 0.1) is 0 Å². The number of fused-ring (bicyclic) bond motifs is 1. The lowest BCUT2D eigenvalue weighted by molar-refractivity contribution is 0.582. The molecule has 2 rings (SSSR count). The molecule has 1 heterocycles. The van der Waals surface area contributed by atoms with Crippen LogP contribution in [0.4, 0.5) is 5.69 Å².